The van der Waals surface area contributed by atoms with E-state index in [9.17, 15) is 9.59 Å². The normalized spacial score (nSPS) is 11.8. The van der Waals surface area contributed by atoms with Crippen LogP contribution in [-0.4, -0.2) is 17.9 Å². The van der Waals surface area contributed by atoms with E-state index in [1.807, 2.05) is 0 Å². The molecule has 3 N–H and O–H groups in total. The fourth-order valence-corrected chi connectivity index (χ4v) is 0.817. The summed E-state index contributed by atoms with van der Waals surface area (Å²) in [5, 5.41) is 2.44. The maximum atomic E-state index is 10.7. The minimum absolute atomic E-state index is 0.264. The van der Waals surface area contributed by atoms with Crippen molar-refractivity contribution in [2.75, 3.05) is 0 Å². The van der Waals surface area contributed by atoms with Gasteiger partial charge >= 0.3 is 0 Å². The van der Waals surface area contributed by atoms with Gasteiger partial charge in [-0.25, -0.2) is 0 Å². The fourth-order valence-electron chi connectivity index (χ4n) is 0.817. The number of nitrogens with one attached hydrogen (secondary N) is 1. The molecule has 0 aromatic carbocycles. The number of amides is 2. The highest BCUT2D eigenvalue weighted by Gasteiger charge is 2.15. The number of hydrogen-bond donors (Lipinski definition) is 2. The van der Waals surface area contributed by atoms with Gasteiger partial charge in [-0.05, 0) is 13.3 Å². The van der Waals surface area contributed by atoms with Gasteiger partial charge < -0.3 is 11.1 Å². The predicted octanol–water partition coefficient (Wildman–Crippen LogP) is -0.0574. The summed E-state index contributed by atoms with van der Waals surface area (Å²) in [7, 11) is 0. The summed E-state index contributed by atoms with van der Waals surface area (Å²) in [5.41, 5.74) is 5.85. The monoisotopic (exact) mass is 170 g/mol. The van der Waals surface area contributed by atoms with Gasteiger partial charge in [0, 0.05) is 6.92 Å². The van der Waals surface area contributed by atoms with Gasteiger partial charge in [0.05, 0.1) is 0 Å². The second kappa shape index (κ2) is 4.54. The van der Waals surface area contributed by atoms with Crippen LogP contribution in [0.3, 0.4) is 0 Å². The Bertz CT molecular complexity index is 195. The first-order valence-electron chi connectivity index (χ1n) is 3.64. The van der Waals surface area contributed by atoms with Crippen LogP contribution in [0.5, 0.6) is 0 Å². The molecule has 12 heavy (non-hydrogen) atoms. The summed E-state index contributed by atoms with van der Waals surface area (Å²) in [4.78, 5) is 21.3. The molecular formula is C8H14N2O2. The van der Waals surface area contributed by atoms with E-state index in [1.165, 1.54) is 6.92 Å². The molecule has 2 amide bonds. The zero-order valence-corrected chi connectivity index (χ0v) is 7.39. The molecule has 0 rings (SSSR count). The van der Waals surface area contributed by atoms with Crippen molar-refractivity contribution in [1.82, 2.24) is 5.32 Å². The minimum atomic E-state index is -0.625. The van der Waals surface area contributed by atoms with Crippen molar-refractivity contribution in [3.8, 4) is 0 Å². The molecule has 0 fully saturated rings. The second-order valence-corrected chi connectivity index (χ2v) is 2.82. The Kier molecular flexibility index (Phi) is 4.04. The summed E-state index contributed by atoms with van der Waals surface area (Å²) >= 11 is 0. The molecule has 4 nitrogen and oxygen atoms in total. The summed E-state index contributed by atoms with van der Waals surface area (Å²) in [5.74, 6) is -0.798. The maximum Gasteiger partial charge on any atom is 0.240 e. The summed E-state index contributed by atoms with van der Waals surface area (Å²) in [6.45, 7) is 6.74. The van der Waals surface area contributed by atoms with E-state index in [0.717, 1.165) is 5.57 Å². The Morgan fingerprint density at radius 1 is 1.50 bits per heavy atom. The molecule has 0 aliphatic carbocycles. The molecule has 0 aromatic heterocycles. The Balaban J connectivity index is 4.14. The minimum Gasteiger partial charge on any atom is -0.368 e. The summed E-state index contributed by atoms with van der Waals surface area (Å²) in [6.07, 6.45) is 0.398. The first-order chi connectivity index (χ1) is 5.43. The Morgan fingerprint density at radius 3 is 2.25 bits per heavy atom. The van der Waals surface area contributed by atoms with Gasteiger partial charge in [-0.1, -0.05) is 5.57 Å². The van der Waals surface area contributed by atoms with Crippen molar-refractivity contribution >= 4 is 11.8 Å². The molecular weight excluding hydrogens is 156 g/mol. The topological polar surface area (TPSA) is 72.2 Å². The van der Waals surface area contributed by atoms with E-state index in [2.05, 4.69) is 11.9 Å². The van der Waals surface area contributed by atoms with E-state index in [0.29, 0.717) is 6.42 Å². The number of carbonyl (C=O) groups is 2. The molecule has 4 heteroatoms. The van der Waals surface area contributed by atoms with Gasteiger partial charge in [-0.2, -0.15) is 0 Å². The van der Waals surface area contributed by atoms with Gasteiger partial charge in [0.2, 0.25) is 11.8 Å². The first kappa shape index (κ1) is 10.7. The van der Waals surface area contributed by atoms with Crippen molar-refractivity contribution in [3.05, 3.63) is 12.2 Å². The van der Waals surface area contributed by atoms with Crippen molar-refractivity contribution in [2.24, 2.45) is 5.73 Å². The SMILES string of the molecule is C=C(C)C[C@@H](NC(C)=O)C(N)=O. The van der Waals surface area contributed by atoms with Crippen LogP contribution in [0.15, 0.2) is 12.2 Å². The van der Waals surface area contributed by atoms with E-state index < -0.39 is 11.9 Å². The lowest BCUT2D eigenvalue weighted by Crippen LogP contribution is -2.43. The number of primary amides is 1. The van der Waals surface area contributed by atoms with Gasteiger partial charge in [0.1, 0.15) is 6.04 Å². The van der Waals surface area contributed by atoms with Gasteiger partial charge in [-0.3, -0.25) is 9.59 Å². The molecule has 68 valence electrons. The lowest BCUT2D eigenvalue weighted by Gasteiger charge is -2.13. The molecule has 0 aliphatic rings. The highest BCUT2D eigenvalue weighted by atomic mass is 16.2. The number of nitrogens with two attached hydrogens (primary N) is 1. The van der Waals surface area contributed by atoms with Crippen LogP contribution in [0.1, 0.15) is 20.3 Å². The fraction of sp³-hybridized carbons (Fsp3) is 0.500. The Morgan fingerprint density at radius 2 is 2.00 bits per heavy atom. The average molecular weight is 170 g/mol. The van der Waals surface area contributed by atoms with Crippen LogP contribution < -0.4 is 11.1 Å². The molecule has 0 aliphatic heterocycles. The lowest BCUT2D eigenvalue weighted by atomic mass is 10.1. The third-order valence-corrected chi connectivity index (χ3v) is 1.27. The number of hydrogen-bond acceptors (Lipinski definition) is 2. The maximum absolute atomic E-state index is 10.7. The van der Waals surface area contributed by atoms with Crippen molar-refractivity contribution < 1.29 is 9.59 Å². The Hall–Kier alpha value is -1.32. The average Bonchev–Trinajstić information content (AvgIpc) is 1.83. The van der Waals surface area contributed by atoms with Crippen LogP contribution in [-0.2, 0) is 9.59 Å². The summed E-state index contributed by atoms with van der Waals surface area (Å²) in [6, 6.07) is -0.625. The molecule has 1 atom stereocenters. The van der Waals surface area contributed by atoms with Crippen molar-refractivity contribution in [2.45, 2.75) is 26.3 Å². The van der Waals surface area contributed by atoms with Gasteiger partial charge in [0.25, 0.3) is 0 Å². The van der Waals surface area contributed by atoms with Crippen molar-refractivity contribution in [1.29, 1.82) is 0 Å². The predicted molar refractivity (Wildman–Crippen MR) is 46.2 cm³/mol. The van der Waals surface area contributed by atoms with Crippen LogP contribution in [0.2, 0.25) is 0 Å². The molecule has 0 aromatic rings. The van der Waals surface area contributed by atoms with Gasteiger partial charge in [-0.15, -0.1) is 6.58 Å². The Labute approximate surface area is 71.8 Å². The molecule has 0 spiro atoms. The van der Waals surface area contributed by atoms with E-state index >= 15 is 0 Å². The van der Waals surface area contributed by atoms with Gasteiger partial charge in [0.15, 0.2) is 0 Å². The van der Waals surface area contributed by atoms with Crippen LogP contribution in [0.4, 0.5) is 0 Å². The standard InChI is InChI=1S/C8H14N2O2/c1-5(2)4-7(8(9)12)10-6(3)11/h7H,1,4H2,2-3H3,(H2,9,12)(H,10,11)/t7-/m1/s1. The van der Waals surface area contributed by atoms with Crippen LogP contribution >= 0.6 is 0 Å². The largest absolute Gasteiger partial charge is 0.368 e. The molecule has 0 unspecified atom stereocenters. The first-order valence-corrected chi connectivity index (χ1v) is 3.64. The third-order valence-electron chi connectivity index (χ3n) is 1.27. The summed E-state index contributed by atoms with van der Waals surface area (Å²) < 4.78 is 0. The molecule has 0 bridgehead atoms. The third kappa shape index (κ3) is 4.49. The van der Waals surface area contributed by atoms with E-state index in [1.54, 1.807) is 6.92 Å². The van der Waals surface area contributed by atoms with E-state index in [-0.39, 0.29) is 5.91 Å². The molecule has 0 heterocycles. The lowest BCUT2D eigenvalue weighted by molar-refractivity contribution is -0.126. The highest BCUT2D eigenvalue weighted by molar-refractivity contribution is 5.85. The number of rotatable bonds is 4. The quantitative estimate of drug-likeness (QED) is 0.580. The van der Waals surface area contributed by atoms with E-state index in [4.69, 9.17) is 5.73 Å². The second-order valence-electron chi connectivity index (χ2n) is 2.82. The molecule has 0 saturated carbocycles. The zero-order chi connectivity index (χ0) is 9.72. The molecule has 0 radical (unpaired) electrons. The van der Waals surface area contributed by atoms with Crippen LogP contribution in [0, 0.1) is 0 Å². The zero-order valence-electron chi connectivity index (χ0n) is 7.39. The molecule has 0 saturated heterocycles. The van der Waals surface area contributed by atoms with Crippen molar-refractivity contribution in [3.63, 3.8) is 0 Å². The highest BCUT2D eigenvalue weighted by Crippen LogP contribution is 2.00. The number of carbonyl (C=O) groups excluding carboxylic acids is 2. The van der Waals surface area contributed by atoms with Crippen LogP contribution in [0.25, 0.3) is 0 Å². The smallest absolute Gasteiger partial charge is 0.240 e.